The van der Waals surface area contributed by atoms with Crippen molar-refractivity contribution in [1.82, 2.24) is 5.32 Å². The van der Waals surface area contributed by atoms with Crippen molar-refractivity contribution in [3.05, 3.63) is 35.9 Å². The summed E-state index contributed by atoms with van der Waals surface area (Å²) in [6.45, 7) is 0.670. The Bertz CT molecular complexity index is 549. The number of amides is 1. The Hall–Kier alpha value is -1.84. The van der Waals surface area contributed by atoms with Gasteiger partial charge in [0.15, 0.2) is 0 Å². The van der Waals surface area contributed by atoms with Crippen molar-refractivity contribution in [3.63, 3.8) is 0 Å². The second-order valence-electron chi connectivity index (χ2n) is 6.87. The lowest BCUT2D eigenvalue weighted by Crippen LogP contribution is -2.38. The molecule has 1 amide bonds. The van der Waals surface area contributed by atoms with Gasteiger partial charge in [-0.05, 0) is 36.7 Å². The van der Waals surface area contributed by atoms with Gasteiger partial charge in [-0.25, -0.2) is 0 Å². The number of rotatable bonds is 6. The first kappa shape index (κ1) is 15.1. The average molecular weight is 301 g/mol. The van der Waals surface area contributed by atoms with Gasteiger partial charge >= 0.3 is 5.97 Å². The van der Waals surface area contributed by atoms with Crippen LogP contribution in [0.3, 0.4) is 0 Å². The first-order chi connectivity index (χ1) is 10.6. The van der Waals surface area contributed by atoms with Crippen LogP contribution in [0.5, 0.6) is 0 Å². The third-order valence-corrected chi connectivity index (χ3v) is 5.17. The molecule has 2 fully saturated rings. The number of nitrogens with one attached hydrogen (secondary N) is 1. The first-order valence-corrected chi connectivity index (χ1v) is 8.14. The van der Waals surface area contributed by atoms with E-state index >= 15 is 0 Å². The Morgan fingerprint density at radius 2 is 1.82 bits per heavy atom. The van der Waals surface area contributed by atoms with Gasteiger partial charge in [-0.2, -0.15) is 0 Å². The van der Waals surface area contributed by atoms with E-state index in [9.17, 15) is 9.59 Å². The van der Waals surface area contributed by atoms with Gasteiger partial charge in [-0.3, -0.25) is 9.59 Å². The van der Waals surface area contributed by atoms with Crippen LogP contribution in [0, 0.1) is 17.3 Å². The number of aliphatic carboxylic acids is 1. The van der Waals surface area contributed by atoms with E-state index in [4.69, 9.17) is 5.11 Å². The minimum atomic E-state index is -0.847. The smallest absolute Gasteiger partial charge is 0.307 e. The van der Waals surface area contributed by atoms with Crippen molar-refractivity contribution in [1.29, 1.82) is 0 Å². The molecule has 2 aliphatic carbocycles. The van der Waals surface area contributed by atoms with Gasteiger partial charge in [0.2, 0.25) is 5.91 Å². The molecular formula is C18H23NO3. The van der Waals surface area contributed by atoms with Gasteiger partial charge in [-0.1, -0.05) is 43.2 Å². The third kappa shape index (κ3) is 3.32. The van der Waals surface area contributed by atoms with Crippen molar-refractivity contribution >= 4 is 11.9 Å². The van der Waals surface area contributed by atoms with E-state index in [2.05, 4.69) is 29.6 Å². The summed E-state index contributed by atoms with van der Waals surface area (Å²) in [7, 11) is 0. The molecular weight excluding hydrogens is 278 g/mol. The van der Waals surface area contributed by atoms with Crippen LogP contribution in [-0.4, -0.2) is 23.5 Å². The number of benzene rings is 1. The largest absolute Gasteiger partial charge is 0.481 e. The molecule has 1 aromatic carbocycles. The van der Waals surface area contributed by atoms with Crippen LogP contribution >= 0.6 is 0 Å². The molecule has 2 N–H and O–H groups in total. The highest BCUT2D eigenvalue weighted by Gasteiger charge is 2.48. The molecule has 0 heterocycles. The number of carbonyl (C=O) groups excluding carboxylic acids is 1. The fourth-order valence-corrected chi connectivity index (χ4v) is 3.73. The third-order valence-electron chi connectivity index (χ3n) is 5.17. The van der Waals surface area contributed by atoms with Gasteiger partial charge in [0.1, 0.15) is 0 Å². The summed E-state index contributed by atoms with van der Waals surface area (Å²) >= 11 is 0. The van der Waals surface area contributed by atoms with Gasteiger partial charge in [0, 0.05) is 6.54 Å². The van der Waals surface area contributed by atoms with Crippen LogP contribution in [0.4, 0.5) is 0 Å². The highest BCUT2D eigenvalue weighted by Crippen LogP contribution is 2.42. The maximum atomic E-state index is 12.1. The Morgan fingerprint density at radius 3 is 2.41 bits per heavy atom. The van der Waals surface area contributed by atoms with E-state index in [0.717, 1.165) is 19.3 Å². The standard InChI is InChI=1S/C18H23NO3/c20-16(14-10-15(14)17(21)22)19-12-18(8-4-5-9-18)11-13-6-2-1-3-7-13/h1-3,6-7,14-15H,4-5,8-12H2,(H,19,20)(H,21,22). The Labute approximate surface area is 130 Å². The highest BCUT2D eigenvalue weighted by molar-refractivity contribution is 5.89. The minimum Gasteiger partial charge on any atom is -0.481 e. The van der Waals surface area contributed by atoms with Crippen molar-refractivity contribution in [2.24, 2.45) is 17.3 Å². The summed E-state index contributed by atoms with van der Waals surface area (Å²) in [4.78, 5) is 23.0. The molecule has 2 atom stereocenters. The topological polar surface area (TPSA) is 66.4 Å². The SMILES string of the molecule is O=C(O)C1CC1C(=O)NCC1(Cc2ccccc2)CCCC1. The maximum Gasteiger partial charge on any atom is 0.307 e. The predicted octanol–water partition coefficient (Wildman–Crippen LogP) is 2.63. The van der Waals surface area contributed by atoms with E-state index < -0.39 is 11.9 Å². The fraction of sp³-hybridized carbons (Fsp3) is 0.556. The van der Waals surface area contributed by atoms with Crippen LogP contribution < -0.4 is 5.32 Å². The summed E-state index contributed by atoms with van der Waals surface area (Å²) in [5, 5.41) is 11.9. The Balaban J connectivity index is 1.58. The lowest BCUT2D eigenvalue weighted by Gasteiger charge is -2.29. The summed E-state index contributed by atoms with van der Waals surface area (Å²) in [5.74, 6) is -1.70. The molecule has 2 unspecified atom stereocenters. The molecule has 4 heteroatoms. The predicted molar refractivity (Wildman–Crippen MR) is 83.3 cm³/mol. The maximum absolute atomic E-state index is 12.1. The zero-order chi connectivity index (χ0) is 15.6. The molecule has 2 aliphatic rings. The molecule has 1 aromatic rings. The van der Waals surface area contributed by atoms with Crippen molar-refractivity contribution in [3.8, 4) is 0 Å². The number of carboxylic acid groups (broad SMARTS) is 1. The second kappa shape index (κ2) is 6.11. The molecule has 118 valence electrons. The van der Waals surface area contributed by atoms with Crippen LogP contribution in [0.2, 0.25) is 0 Å². The second-order valence-corrected chi connectivity index (χ2v) is 6.87. The van der Waals surface area contributed by atoms with Crippen molar-refractivity contribution in [2.45, 2.75) is 38.5 Å². The number of hydrogen-bond acceptors (Lipinski definition) is 2. The lowest BCUT2D eigenvalue weighted by atomic mass is 9.80. The fourth-order valence-electron chi connectivity index (χ4n) is 3.73. The van der Waals surface area contributed by atoms with E-state index in [1.54, 1.807) is 0 Å². The van der Waals surface area contributed by atoms with Crippen LogP contribution in [0.25, 0.3) is 0 Å². The summed E-state index contributed by atoms with van der Waals surface area (Å²) in [6, 6.07) is 10.4. The van der Waals surface area contributed by atoms with E-state index in [1.165, 1.54) is 18.4 Å². The molecule has 0 aromatic heterocycles. The molecule has 0 saturated heterocycles. The van der Waals surface area contributed by atoms with Gasteiger partial charge < -0.3 is 10.4 Å². The van der Waals surface area contributed by atoms with Gasteiger partial charge in [-0.15, -0.1) is 0 Å². The zero-order valence-electron chi connectivity index (χ0n) is 12.8. The average Bonchev–Trinajstić information content (AvgIpc) is 3.21. The van der Waals surface area contributed by atoms with E-state index in [1.807, 2.05) is 6.07 Å². The van der Waals surface area contributed by atoms with E-state index in [0.29, 0.717) is 13.0 Å². The number of hydrogen-bond donors (Lipinski definition) is 2. The number of carboxylic acids is 1. The molecule has 2 saturated carbocycles. The van der Waals surface area contributed by atoms with Crippen molar-refractivity contribution in [2.75, 3.05) is 6.54 Å². The van der Waals surface area contributed by atoms with Crippen LogP contribution in [-0.2, 0) is 16.0 Å². The number of carbonyl (C=O) groups is 2. The van der Waals surface area contributed by atoms with Crippen LogP contribution in [0.1, 0.15) is 37.7 Å². The molecule has 0 aliphatic heterocycles. The molecule has 0 spiro atoms. The quantitative estimate of drug-likeness (QED) is 0.849. The Kier molecular flexibility index (Phi) is 4.19. The normalized spacial score (nSPS) is 25.6. The summed E-state index contributed by atoms with van der Waals surface area (Å²) in [6.07, 6.45) is 6.17. The minimum absolute atomic E-state index is 0.0771. The Morgan fingerprint density at radius 1 is 1.14 bits per heavy atom. The van der Waals surface area contributed by atoms with Crippen LogP contribution in [0.15, 0.2) is 30.3 Å². The lowest BCUT2D eigenvalue weighted by molar-refractivity contribution is -0.140. The first-order valence-electron chi connectivity index (χ1n) is 8.14. The monoisotopic (exact) mass is 301 g/mol. The molecule has 0 bridgehead atoms. The molecule has 0 radical (unpaired) electrons. The van der Waals surface area contributed by atoms with Gasteiger partial charge in [0.05, 0.1) is 11.8 Å². The van der Waals surface area contributed by atoms with Crippen molar-refractivity contribution < 1.29 is 14.7 Å². The highest BCUT2D eigenvalue weighted by atomic mass is 16.4. The zero-order valence-corrected chi connectivity index (χ0v) is 12.8. The van der Waals surface area contributed by atoms with Gasteiger partial charge in [0.25, 0.3) is 0 Å². The summed E-state index contributed by atoms with van der Waals surface area (Å²) in [5.41, 5.74) is 1.46. The van der Waals surface area contributed by atoms with E-state index in [-0.39, 0.29) is 17.2 Å². The molecule has 22 heavy (non-hydrogen) atoms. The molecule has 3 rings (SSSR count). The molecule has 4 nitrogen and oxygen atoms in total. The summed E-state index contributed by atoms with van der Waals surface area (Å²) < 4.78 is 0.